The summed E-state index contributed by atoms with van der Waals surface area (Å²) in [7, 11) is 1.56. The number of hydrogen-bond acceptors (Lipinski definition) is 6. The molecule has 3 aromatic rings. The molecule has 0 radical (unpaired) electrons. The molecule has 37 heavy (non-hydrogen) atoms. The van der Waals surface area contributed by atoms with Gasteiger partial charge in [-0.1, -0.05) is 54.1 Å². The number of rotatable bonds is 7. The van der Waals surface area contributed by atoms with Gasteiger partial charge in [0.25, 0.3) is 0 Å². The van der Waals surface area contributed by atoms with Crippen LogP contribution in [0.3, 0.4) is 0 Å². The van der Waals surface area contributed by atoms with Gasteiger partial charge in [-0.2, -0.15) is 0 Å². The SMILES string of the molecule is CCOC(=O)C1=C(C)NC2=C(C(=O)c3ccccc32)[C@@H]1c1ccc(OCc2ccc(Cl)cc2)c(OC)c1. The summed E-state index contributed by atoms with van der Waals surface area (Å²) in [5.74, 6) is -0.164. The van der Waals surface area contributed by atoms with Crippen molar-refractivity contribution in [3.63, 3.8) is 0 Å². The van der Waals surface area contributed by atoms with Crippen molar-refractivity contribution < 1.29 is 23.8 Å². The van der Waals surface area contributed by atoms with Crippen molar-refractivity contribution in [2.75, 3.05) is 13.7 Å². The van der Waals surface area contributed by atoms with E-state index >= 15 is 0 Å². The second-order valence-corrected chi connectivity index (χ2v) is 9.24. The number of hydrogen-bond donors (Lipinski definition) is 1. The van der Waals surface area contributed by atoms with E-state index in [2.05, 4.69) is 5.32 Å². The third-order valence-electron chi connectivity index (χ3n) is 6.57. The van der Waals surface area contributed by atoms with Gasteiger partial charge in [-0.15, -0.1) is 0 Å². The van der Waals surface area contributed by atoms with Gasteiger partial charge in [-0.05, 0) is 49.2 Å². The number of methoxy groups -OCH3 is 1. The van der Waals surface area contributed by atoms with Gasteiger partial charge in [0.05, 0.1) is 25.0 Å². The van der Waals surface area contributed by atoms with Crippen molar-refractivity contribution in [2.24, 2.45) is 0 Å². The maximum atomic E-state index is 13.6. The standard InChI is InChI=1S/C30H26ClNO5/c1-4-36-30(34)25-17(2)32-28-21-7-5-6-8-22(21)29(33)27(28)26(25)19-11-14-23(24(15-19)35-3)37-16-18-9-12-20(31)13-10-18/h5-15,26,32H,4,16H2,1-3H3/t26-/m1/s1. The summed E-state index contributed by atoms with van der Waals surface area (Å²) < 4.78 is 17.1. The van der Waals surface area contributed by atoms with Crippen LogP contribution in [0, 0.1) is 0 Å². The summed E-state index contributed by atoms with van der Waals surface area (Å²) in [5, 5.41) is 3.97. The first-order valence-electron chi connectivity index (χ1n) is 12.0. The van der Waals surface area contributed by atoms with Crippen molar-refractivity contribution in [2.45, 2.75) is 26.4 Å². The van der Waals surface area contributed by atoms with Crippen LogP contribution in [-0.4, -0.2) is 25.5 Å². The van der Waals surface area contributed by atoms with Gasteiger partial charge in [0, 0.05) is 33.3 Å². The molecule has 7 heteroatoms. The van der Waals surface area contributed by atoms with Gasteiger partial charge in [0.1, 0.15) is 6.61 Å². The zero-order valence-corrected chi connectivity index (χ0v) is 21.5. The van der Waals surface area contributed by atoms with Crippen LogP contribution in [0.5, 0.6) is 11.5 Å². The first-order chi connectivity index (χ1) is 17.9. The molecule has 1 aliphatic heterocycles. The van der Waals surface area contributed by atoms with Crippen molar-refractivity contribution >= 4 is 29.1 Å². The van der Waals surface area contributed by atoms with Crippen LogP contribution >= 0.6 is 11.6 Å². The average Bonchev–Trinajstić information content (AvgIpc) is 3.19. The molecule has 6 nitrogen and oxygen atoms in total. The maximum absolute atomic E-state index is 13.6. The molecular weight excluding hydrogens is 490 g/mol. The molecule has 0 fully saturated rings. The summed E-state index contributed by atoms with van der Waals surface area (Å²) in [6.45, 7) is 4.14. The number of ether oxygens (including phenoxy) is 3. The molecule has 5 rings (SSSR count). The second kappa shape index (κ2) is 10.1. The number of dihydropyridines is 1. The predicted octanol–water partition coefficient (Wildman–Crippen LogP) is 6.06. The van der Waals surface area contributed by atoms with Crippen LogP contribution in [0.25, 0.3) is 5.70 Å². The molecular formula is C30H26ClNO5. The number of benzene rings is 3. The minimum Gasteiger partial charge on any atom is -0.493 e. The monoisotopic (exact) mass is 515 g/mol. The third-order valence-corrected chi connectivity index (χ3v) is 6.82. The average molecular weight is 516 g/mol. The van der Waals surface area contributed by atoms with Crippen LogP contribution in [0.15, 0.2) is 83.6 Å². The number of esters is 1. The van der Waals surface area contributed by atoms with E-state index in [1.54, 1.807) is 20.1 Å². The van der Waals surface area contributed by atoms with Gasteiger partial charge in [-0.25, -0.2) is 4.79 Å². The number of carbonyl (C=O) groups is 2. The van der Waals surface area contributed by atoms with Crippen molar-refractivity contribution in [1.29, 1.82) is 0 Å². The van der Waals surface area contributed by atoms with Crippen molar-refractivity contribution in [3.05, 3.63) is 111 Å². The maximum Gasteiger partial charge on any atom is 0.336 e. The molecule has 0 amide bonds. The number of fused-ring (bicyclic) bond motifs is 2. The number of allylic oxidation sites excluding steroid dienone is 2. The smallest absolute Gasteiger partial charge is 0.336 e. The Labute approximate surface area is 220 Å². The van der Waals surface area contributed by atoms with Gasteiger partial charge < -0.3 is 19.5 Å². The molecule has 0 unspecified atom stereocenters. The first kappa shape index (κ1) is 24.7. The molecule has 1 heterocycles. The lowest BCUT2D eigenvalue weighted by Crippen LogP contribution is -2.29. The molecule has 1 aliphatic carbocycles. The Bertz CT molecular complexity index is 1460. The molecule has 188 valence electrons. The van der Waals surface area contributed by atoms with E-state index < -0.39 is 11.9 Å². The van der Waals surface area contributed by atoms with Crippen LogP contribution in [0.2, 0.25) is 5.02 Å². The molecule has 0 aromatic heterocycles. The molecule has 0 saturated carbocycles. The third kappa shape index (κ3) is 4.49. The normalized spacial score (nSPS) is 16.2. The van der Waals surface area contributed by atoms with E-state index in [1.807, 2.05) is 67.6 Å². The molecule has 0 spiro atoms. The van der Waals surface area contributed by atoms with Gasteiger partial charge >= 0.3 is 5.97 Å². The fourth-order valence-electron chi connectivity index (χ4n) is 4.87. The Balaban J connectivity index is 1.56. The fourth-order valence-corrected chi connectivity index (χ4v) is 4.99. The molecule has 0 saturated heterocycles. The summed E-state index contributed by atoms with van der Waals surface area (Å²) in [5.41, 5.74) is 5.41. The number of carbonyl (C=O) groups excluding carboxylic acids is 2. The van der Waals surface area contributed by atoms with E-state index in [0.29, 0.717) is 45.5 Å². The molecule has 1 atom stereocenters. The Morgan fingerprint density at radius 2 is 1.73 bits per heavy atom. The minimum atomic E-state index is -0.630. The highest BCUT2D eigenvalue weighted by Gasteiger charge is 2.43. The highest BCUT2D eigenvalue weighted by atomic mass is 35.5. The fraction of sp³-hybridized carbons (Fsp3) is 0.200. The molecule has 3 aromatic carbocycles. The Kier molecular flexibility index (Phi) is 6.76. The quantitative estimate of drug-likeness (QED) is 0.386. The molecule has 0 bridgehead atoms. The Morgan fingerprint density at radius 3 is 2.43 bits per heavy atom. The van der Waals surface area contributed by atoms with Crippen molar-refractivity contribution in [3.8, 4) is 11.5 Å². The van der Waals surface area contributed by atoms with E-state index in [1.165, 1.54) is 0 Å². The topological polar surface area (TPSA) is 73.9 Å². The van der Waals surface area contributed by atoms with Crippen LogP contribution in [-0.2, 0) is 16.1 Å². The number of ketones is 1. The summed E-state index contributed by atoms with van der Waals surface area (Å²) >= 11 is 5.98. The van der Waals surface area contributed by atoms with Gasteiger partial charge in [-0.3, -0.25) is 4.79 Å². The lowest BCUT2D eigenvalue weighted by molar-refractivity contribution is -0.138. The van der Waals surface area contributed by atoms with Crippen molar-refractivity contribution in [1.82, 2.24) is 5.32 Å². The lowest BCUT2D eigenvalue weighted by Gasteiger charge is -2.29. The zero-order chi connectivity index (χ0) is 26.1. The van der Waals surface area contributed by atoms with Crippen LogP contribution in [0.4, 0.5) is 0 Å². The molecule has 1 N–H and O–H groups in total. The summed E-state index contributed by atoms with van der Waals surface area (Å²) in [6, 6.07) is 20.4. The summed E-state index contributed by atoms with van der Waals surface area (Å²) in [4.78, 5) is 26.8. The number of halogens is 1. The number of nitrogens with one attached hydrogen (secondary N) is 1. The molecule has 2 aliphatic rings. The second-order valence-electron chi connectivity index (χ2n) is 8.81. The predicted molar refractivity (Wildman–Crippen MR) is 142 cm³/mol. The highest BCUT2D eigenvalue weighted by molar-refractivity contribution is 6.30. The van der Waals surface area contributed by atoms with E-state index in [4.69, 9.17) is 25.8 Å². The Morgan fingerprint density at radius 1 is 1.00 bits per heavy atom. The van der Waals surface area contributed by atoms with Crippen LogP contribution in [0.1, 0.15) is 46.8 Å². The van der Waals surface area contributed by atoms with E-state index in [-0.39, 0.29) is 12.4 Å². The van der Waals surface area contributed by atoms with Gasteiger partial charge in [0.15, 0.2) is 17.3 Å². The largest absolute Gasteiger partial charge is 0.493 e. The van der Waals surface area contributed by atoms with E-state index in [9.17, 15) is 9.59 Å². The minimum absolute atomic E-state index is 0.112. The van der Waals surface area contributed by atoms with Crippen LogP contribution < -0.4 is 14.8 Å². The lowest BCUT2D eigenvalue weighted by atomic mass is 9.79. The van der Waals surface area contributed by atoms with Gasteiger partial charge in [0.2, 0.25) is 0 Å². The Hall–Kier alpha value is -4.03. The first-order valence-corrected chi connectivity index (χ1v) is 12.4. The summed E-state index contributed by atoms with van der Waals surface area (Å²) in [6.07, 6.45) is 0. The highest BCUT2D eigenvalue weighted by Crippen LogP contribution is 2.48. The van der Waals surface area contributed by atoms with E-state index in [0.717, 1.165) is 22.4 Å². The number of Topliss-reactive ketones (excluding diaryl/α,β-unsaturated/α-hetero) is 1. The zero-order valence-electron chi connectivity index (χ0n) is 20.8.